The highest BCUT2D eigenvalue weighted by molar-refractivity contribution is 5.74. The Labute approximate surface area is 107 Å². The summed E-state index contributed by atoms with van der Waals surface area (Å²) in [7, 11) is 1.58. The molecule has 1 aromatic heterocycles. The van der Waals surface area contributed by atoms with E-state index < -0.39 is 0 Å². The molecule has 1 aliphatic heterocycles. The quantitative estimate of drug-likeness (QED) is 0.888. The number of urea groups is 1. The van der Waals surface area contributed by atoms with Crippen LogP contribution in [0.5, 0.6) is 5.88 Å². The molecule has 5 nitrogen and oxygen atoms in total. The molecule has 2 rings (SSSR count). The molecular formula is C13H19N3O2. The van der Waals surface area contributed by atoms with E-state index in [-0.39, 0.29) is 6.03 Å². The molecule has 5 heteroatoms. The van der Waals surface area contributed by atoms with Gasteiger partial charge in [0.05, 0.1) is 7.11 Å². The number of nitrogens with one attached hydrogen (secondary N) is 1. The van der Waals surface area contributed by atoms with Crippen molar-refractivity contribution in [2.75, 3.05) is 20.2 Å². The molecule has 0 aromatic carbocycles. The van der Waals surface area contributed by atoms with Gasteiger partial charge in [0.15, 0.2) is 0 Å². The van der Waals surface area contributed by atoms with Crippen molar-refractivity contribution in [3.63, 3.8) is 0 Å². The summed E-state index contributed by atoms with van der Waals surface area (Å²) in [6, 6.07) is 3.72. The van der Waals surface area contributed by atoms with E-state index in [1.54, 1.807) is 13.3 Å². The van der Waals surface area contributed by atoms with Gasteiger partial charge in [0, 0.05) is 31.9 Å². The fourth-order valence-electron chi connectivity index (χ4n) is 2.06. The Bertz CT molecular complexity index is 403. The first-order valence-corrected chi connectivity index (χ1v) is 6.31. The highest BCUT2D eigenvalue weighted by Crippen LogP contribution is 2.10. The van der Waals surface area contributed by atoms with Crippen LogP contribution in [0.4, 0.5) is 4.79 Å². The van der Waals surface area contributed by atoms with Gasteiger partial charge < -0.3 is 15.0 Å². The van der Waals surface area contributed by atoms with Crippen LogP contribution in [0.25, 0.3) is 0 Å². The molecule has 1 N–H and O–H groups in total. The van der Waals surface area contributed by atoms with Gasteiger partial charge in [0.1, 0.15) is 0 Å². The number of hydrogen-bond donors (Lipinski definition) is 1. The van der Waals surface area contributed by atoms with Crippen molar-refractivity contribution in [3.05, 3.63) is 23.9 Å². The summed E-state index contributed by atoms with van der Waals surface area (Å²) >= 11 is 0. The predicted octanol–water partition coefficient (Wildman–Crippen LogP) is 1.79. The number of carbonyl (C=O) groups excluding carboxylic acids is 1. The number of rotatable bonds is 3. The first kappa shape index (κ1) is 12.7. The molecule has 1 aliphatic rings. The molecule has 0 unspecified atom stereocenters. The Morgan fingerprint density at radius 1 is 1.44 bits per heavy atom. The molecule has 18 heavy (non-hydrogen) atoms. The molecule has 0 atom stereocenters. The van der Waals surface area contributed by atoms with Crippen molar-refractivity contribution < 1.29 is 9.53 Å². The van der Waals surface area contributed by atoms with Crippen molar-refractivity contribution in [3.8, 4) is 5.88 Å². The van der Waals surface area contributed by atoms with Crippen molar-refractivity contribution in [2.24, 2.45) is 0 Å². The first-order valence-electron chi connectivity index (χ1n) is 6.31. The molecule has 0 aliphatic carbocycles. The zero-order valence-corrected chi connectivity index (χ0v) is 10.7. The van der Waals surface area contributed by atoms with E-state index in [4.69, 9.17) is 4.74 Å². The molecule has 2 amide bonds. The molecule has 2 heterocycles. The van der Waals surface area contributed by atoms with E-state index in [0.717, 1.165) is 31.5 Å². The highest BCUT2D eigenvalue weighted by Gasteiger charge is 2.15. The molecule has 1 fully saturated rings. The van der Waals surface area contributed by atoms with Crippen molar-refractivity contribution in [1.29, 1.82) is 0 Å². The fourth-order valence-corrected chi connectivity index (χ4v) is 2.06. The number of likely N-dealkylation sites (tertiary alicyclic amines) is 1. The van der Waals surface area contributed by atoms with Gasteiger partial charge in [-0.05, 0) is 30.9 Å². The van der Waals surface area contributed by atoms with Crippen LogP contribution >= 0.6 is 0 Å². The summed E-state index contributed by atoms with van der Waals surface area (Å²) in [5.74, 6) is 0.569. The molecule has 0 radical (unpaired) electrons. The number of aromatic nitrogens is 1. The molecule has 0 bridgehead atoms. The molecule has 98 valence electrons. The van der Waals surface area contributed by atoms with Crippen LogP contribution in [0.1, 0.15) is 24.8 Å². The van der Waals surface area contributed by atoms with Gasteiger partial charge in [-0.3, -0.25) is 0 Å². The summed E-state index contributed by atoms with van der Waals surface area (Å²) in [5.41, 5.74) is 0.993. The Kier molecular flexibility index (Phi) is 4.39. The lowest BCUT2D eigenvalue weighted by Crippen LogP contribution is -2.42. The maximum Gasteiger partial charge on any atom is 0.317 e. The summed E-state index contributed by atoms with van der Waals surface area (Å²) in [4.78, 5) is 17.8. The number of carbonyl (C=O) groups is 1. The number of piperidine rings is 1. The minimum absolute atomic E-state index is 0.0190. The predicted molar refractivity (Wildman–Crippen MR) is 68.4 cm³/mol. The third-order valence-electron chi connectivity index (χ3n) is 3.10. The lowest BCUT2D eigenvalue weighted by atomic mass is 10.1. The summed E-state index contributed by atoms with van der Waals surface area (Å²) in [5, 5.41) is 2.92. The second-order valence-corrected chi connectivity index (χ2v) is 4.41. The van der Waals surface area contributed by atoms with E-state index >= 15 is 0 Å². The number of ether oxygens (including phenoxy) is 1. The van der Waals surface area contributed by atoms with Crippen molar-refractivity contribution in [1.82, 2.24) is 15.2 Å². The normalized spacial score (nSPS) is 15.3. The monoisotopic (exact) mass is 249 g/mol. The van der Waals surface area contributed by atoms with Gasteiger partial charge >= 0.3 is 6.03 Å². The third kappa shape index (κ3) is 3.35. The zero-order valence-electron chi connectivity index (χ0n) is 10.7. The van der Waals surface area contributed by atoms with Gasteiger partial charge in [-0.1, -0.05) is 0 Å². The lowest BCUT2D eigenvalue weighted by Gasteiger charge is -2.26. The van der Waals surface area contributed by atoms with Crippen LogP contribution in [0.2, 0.25) is 0 Å². The minimum Gasteiger partial charge on any atom is -0.481 e. The zero-order chi connectivity index (χ0) is 12.8. The van der Waals surface area contributed by atoms with Crippen LogP contribution in [-0.4, -0.2) is 36.1 Å². The molecular weight excluding hydrogens is 230 g/mol. The topological polar surface area (TPSA) is 54.5 Å². The second-order valence-electron chi connectivity index (χ2n) is 4.41. The summed E-state index contributed by atoms with van der Waals surface area (Å²) in [6.07, 6.45) is 5.12. The molecule has 0 spiro atoms. The number of amides is 2. The smallest absolute Gasteiger partial charge is 0.317 e. The number of nitrogens with zero attached hydrogens (tertiary/aromatic N) is 2. The Morgan fingerprint density at radius 2 is 2.22 bits per heavy atom. The average molecular weight is 249 g/mol. The van der Waals surface area contributed by atoms with Crippen LogP contribution in [0, 0.1) is 0 Å². The Morgan fingerprint density at radius 3 is 2.94 bits per heavy atom. The van der Waals surface area contributed by atoms with Crippen molar-refractivity contribution >= 4 is 6.03 Å². The highest BCUT2D eigenvalue weighted by atomic mass is 16.5. The van der Waals surface area contributed by atoms with Gasteiger partial charge in [-0.15, -0.1) is 0 Å². The van der Waals surface area contributed by atoms with Crippen LogP contribution in [0.3, 0.4) is 0 Å². The number of methoxy groups -OCH3 is 1. The second kappa shape index (κ2) is 6.23. The molecule has 1 aromatic rings. The van der Waals surface area contributed by atoms with Gasteiger partial charge in [-0.2, -0.15) is 0 Å². The van der Waals surface area contributed by atoms with Crippen molar-refractivity contribution in [2.45, 2.75) is 25.8 Å². The third-order valence-corrected chi connectivity index (χ3v) is 3.10. The standard InChI is InChI=1S/C13H19N3O2/c1-18-12-9-11(5-6-14-12)10-15-13(17)16-7-3-2-4-8-16/h5-6,9H,2-4,7-8,10H2,1H3,(H,15,17). The van der Waals surface area contributed by atoms with E-state index in [9.17, 15) is 4.79 Å². The lowest BCUT2D eigenvalue weighted by molar-refractivity contribution is 0.186. The fraction of sp³-hybridized carbons (Fsp3) is 0.538. The maximum absolute atomic E-state index is 11.9. The summed E-state index contributed by atoms with van der Waals surface area (Å²) in [6.45, 7) is 2.24. The van der Waals surface area contributed by atoms with Crippen LogP contribution in [-0.2, 0) is 6.54 Å². The first-order chi connectivity index (χ1) is 8.79. The van der Waals surface area contributed by atoms with Crippen LogP contribution in [0.15, 0.2) is 18.3 Å². The van der Waals surface area contributed by atoms with E-state index in [2.05, 4.69) is 10.3 Å². The van der Waals surface area contributed by atoms with Gasteiger partial charge in [0.2, 0.25) is 5.88 Å². The minimum atomic E-state index is 0.0190. The largest absolute Gasteiger partial charge is 0.481 e. The van der Waals surface area contributed by atoms with Crippen LogP contribution < -0.4 is 10.1 Å². The summed E-state index contributed by atoms with van der Waals surface area (Å²) < 4.78 is 5.04. The SMILES string of the molecule is COc1cc(CNC(=O)N2CCCCC2)ccn1. The number of pyridine rings is 1. The Balaban J connectivity index is 1.84. The van der Waals surface area contributed by atoms with E-state index in [0.29, 0.717) is 12.4 Å². The van der Waals surface area contributed by atoms with E-state index in [1.165, 1.54) is 6.42 Å². The average Bonchev–Trinajstić information content (AvgIpc) is 2.46. The molecule has 0 saturated carbocycles. The number of hydrogen-bond acceptors (Lipinski definition) is 3. The maximum atomic E-state index is 11.9. The molecule has 1 saturated heterocycles. The van der Waals surface area contributed by atoms with Gasteiger partial charge in [0.25, 0.3) is 0 Å². The Hall–Kier alpha value is -1.78. The van der Waals surface area contributed by atoms with Gasteiger partial charge in [-0.25, -0.2) is 9.78 Å². The van der Waals surface area contributed by atoms with E-state index in [1.807, 2.05) is 17.0 Å².